The topological polar surface area (TPSA) is 64.4 Å². The summed E-state index contributed by atoms with van der Waals surface area (Å²) < 4.78 is 69.5. The van der Waals surface area contributed by atoms with E-state index in [1.165, 1.54) is 14.0 Å². The molecule has 21 heavy (non-hydrogen) atoms. The van der Waals surface area contributed by atoms with E-state index < -0.39 is 28.8 Å². The molecule has 1 saturated heterocycles. The average Bonchev–Trinajstić information content (AvgIpc) is 2.62. The molecule has 0 N–H and O–H groups in total. The lowest BCUT2D eigenvalue weighted by molar-refractivity contribution is -0.231. The van der Waals surface area contributed by atoms with Gasteiger partial charge in [0, 0.05) is 20.1 Å². The number of aromatic nitrogens is 2. The Labute approximate surface area is 124 Å². The quantitative estimate of drug-likeness (QED) is 0.809. The summed E-state index contributed by atoms with van der Waals surface area (Å²) in [6.07, 6.45) is -6.76. The molecule has 1 aliphatic rings. The van der Waals surface area contributed by atoms with Crippen molar-refractivity contribution in [3.63, 3.8) is 0 Å². The molecule has 0 amide bonds. The van der Waals surface area contributed by atoms with Crippen LogP contribution in [0, 0.1) is 6.92 Å². The van der Waals surface area contributed by atoms with Crippen molar-refractivity contribution < 1.29 is 26.3 Å². The predicted octanol–water partition coefficient (Wildman–Crippen LogP) is 1.33. The van der Waals surface area contributed by atoms with Gasteiger partial charge >= 0.3 is 6.18 Å². The highest BCUT2D eigenvalue weighted by molar-refractivity contribution is 7.89. The van der Waals surface area contributed by atoms with Crippen molar-refractivity contribution in [3.8, 4) is 0 Å². The molecule has 120 valence electrons. The van der Waals surface area contributed by atoms with Crippen LogP contribution in [0.3, 0.4) is 0 Å². The van der Waals surface area contributed by atoms with Gasteiger partial charge in [0.1, 0.15) is 10.0 Å². The van der Waals surface area contributed by atoms with Crippen LogP contribution >= 0.6 is 11.6 Å². The van der Waals surface area contributed by atoms with Gasteiger partial charge in [0.2, 0.25) is 10.0 Å². The van der Waals surface area contributed by atoms with Crippen molar-refractivity contribution in [2.24, 2.45) is 7.05 Å². The molecule has 0 spiro atoms. The minimum Gasteiger partial charge on any atom is -0.366 e. The number of nitrogens with zero attached hydrogens (tertiary/aromatic N) is 3. The Hall–Kier alpha value is -0.840. The first-order chi connectivity index (χ1) is 9.55. The maximum absolute atomic E-state index is 12.7. The van der Waals surface area contributed by atoms with Gasteiger partial charge in [-0.3, -0.25) is 4.68 Å². The molecular formula is C10H13ClF3N3O3S. The molecule has 2 heterocycles. The largest absolute Gasteiger partial charge is 0.415 e. The second-order valence-corrected chi connectivity index (χ2v) is 6.83. The summed E-state index contributed by atoms with van der Waals surface area (Å²) in [6.45, 7) is 0.136. The Morgan fingerprint density at radius 3 is 2.52 bits per heavy atom. The maximum Gasteiger partial charge on any atom is 0.415 e. The summed E-state index contributed by atoms with van der Waals surface area (Å²) in [7, 11) is -2.71. The van der Waals surface area contributed by atoms with Gasteiger partial charge in [-0.2, -0.15) is 22.6 Å². The van der Waals surface area contributed by atoms with Gasteiger partial charge < -0.3 is 4.74 Å². The van der Waals surface area contributed by atoms with Crippen LogP contribution in [-0.2, 0) is 21.8 Å². The van der Waals surface area contributed by atoms with Crippen molar-refractivity contribution >= 4 is 21.6 Å². The number of aryl methyl sites for hydroxylation is 2. The second kappa shape index (κ2) is 5.41. The van der Waals surface area contributed by atoms with E-state index in [0.717, 1.165) is 8.99 Å². The molecule has 1 atom stereocenters. The van der Waals surface area contributed by atoms with Crippen LogP contribution in [0.1, 0.15) is 5.69 Å². The third kappa shape index (κ3) is 3.03. The molecule has 1 aliphatic heterocycles. The second-order valence-electron chi connectivity index (χ2n) is 4.59. The molecule has 0 aromatic carbocycles. The zero-order chi connectivity index (χ0) is 16.0. The van der Waals surface area contributed by atoms with Gasteiger partial charge in [-0.1, -0.05) is 11.6 Å². The van der Waals surface area contributed by atoms with Crippen LogP contribution in [0.5, 0.6) is 0 Å². The first-order valence-corrected chi connectivity index (χ1v) is 7.74. The Morgan fingerprint density at radius 1 is 1.43 bits per heavy atom. The number of rotatable bonds is 2. The molecule has 2 rings (SSSR count). The van der Waals surface area contributed by atoms with Crippen LogP contribution in [0.15, 0.2) is 4.90 Å². The smallest absolute Gasteiger partial charge is 0.366 e. The SMILES string of the molecule is Cc1nn(C)c(Cl)c1S(=O)(=O)N1CCO[C@H](C(F)(F)F)C1. The van der Waals surface area contributed by atoms with Crippen molar-refractivity contribution in [1.29, 1.82) is 0 Å². The molecule has 0 saturated carbocycles. The van der Waals surface area contributed by atoms with Crippen LogP contribution in [-0.4, -0.2) is 54.5 Å². The van der Waals surface area contributed by atoms with E-state index in [0.29, 0.717) is 0 Å². The molecule has 11 heteroatoms. The Morgan fingerprint density at radius 2 is 2.05 bits per heavy atom. The fourth-order valence-electron chi connectivity index (χ4n) is 2.07. The lowest BCUT2D eigenvalue weighted by Crippen LogP contribution is -2.51. The third-order valence-electron chi connectivity index (χ3n) is 3.09. The third-order valence-corrected chi connectivity index (χ3v) is 5.65. The number of halogens is 4. The monoisotopic (exact) mass is 347 g/mol. The number of hydrogen-bond donors (Lipinski definition) is 0. The van der Waals surface area contributed by atoms with Crippen molar-refractivity contribution in [2.75, 3.05) is 19.7 Å². The number of morpholine rings is 1. The molecular weight excluding hydrogens is 335 g/mol. The molecule has 0 bridgehead atoms. The lowest BCUT2D eigenvalue weighted by atomic mass is 10.3. The zero-order valence-electron chi connectivity index (χ0n) is 11.2. The molecule has 0 unspecified atom stereocenters. The zero-order valence-corrected chi connectivity index (χ0v) is 12.8. The molecule has 1 fully saturated rings. The fourth-order valence-corrected chi connectivity index (χ4v) is 4.21. The predicted molar refractivity (Wildman–Crippen MR) is 67.5 cm³/mol. The molecule has 1 aromatic heterocycles. The van der Waals surface area contributed by atoms with E-state index in [2.05, 4.69) is 9.84 Å². The van der Waals surface area contributed by atoms with Crippen LogP contribution in [0.25, 0.3) is 0 Å². The van der Waals surface area contributed by atoms with E-state index in [1.54, 1.807) is 0 Å². The highest BCUT2D eigenvalue weighted by atomic mass is 35.5. The van der Waals surface area contributed by atoms with Crippen LogP contribution in [0.4, 0.5) is 13.2 Å². The van der Waals surface area contributed by atoms with Gasteiger partial charge in [-0.25, -0.2) is 8.42 Å². The first kappa shape index (κ1) is 16.5. The van der Waals surface area contributed by atoms with Crippen LogP contribution in [0.2, 0.25) is 5.15 Å². The molecule has 0 aliphatic carbocycles. The maximum atomic E-state index is 12.7. The van der Waals surface area contributed by atoms with Crippen LogP contribution < -0.4 is 0 Å². The normalized spacial score (nSPS) is 21.7. The average molecular weight is 348 g/mol. The minimum atomic E-state index is -4.62. The summed E-state index contributed by atoms with van der Waals surface area (Å²) >= 11 is 5.89. The molecule has 0 radical (unpaired) electrons. The van der Waals surface area contributed by atoms with Gasteiger partial charge in [0.15, 0.2) is 6.10 Å². The molecule has 1 aromatic rings. The minimum absolute atomic E-state index is 0.137. The summed E-state index contributed by atoms with van der Waals surface area (Å²) in [5.41, 5.74) is 0.137. The number of hydrogen-bond acceptors (Lipinski definition) is 4. The van der Waals surface area contributed by atoms with E-state index in [4.69, 9.17) is 11.6 Å². The van der Waals surface area contributed by atoms with E-state index in [1.807, 2.05) is 0 Å². The summed E-state index contributed by atoms with van der Waals surface area (Å²) in [6, 6.07) is 0. The van der Waals surface area contributed by atoms with Gasteiger partial charge in [-0.05, 0) is 6.92 Å². The Balaban J connectivity index is 2.36. The Bertz CT molecular complexity index is 644. The summed E-state index contributed by atoms with van der Waals surface area (Å²) in [5, 5.41) is 3.73. The fraction of sp³-hybridized carbons (Fsp3) is 0.700. The number of alkyl halides is 3. The van der Waals surface area contributed by atoms with E-state index >= 15 is 0 Å². The summed E-state index contributed by atoms with van der Waals surface area (Å²) in [5.74, 6) is 0. The van der Waals surface area contributed by atoms with Gasteiger partial charge in [-0.15, -0.1) is 0 Å². The molecule has 6 nitrogen and oxygen atoms in total. The van der Waals surface area contributed by atoms with Gasteiger partial charge in [0.05, 0.1) is 12.3 Å². The number of sulfonamides is 1. The van der Waals surface area contributed by atoms with E-state index in [-0.39, 0.29) is 28.9 Å². The van der Waals surface area contributed by atoms with Gasteiger partial charge in [0.25, 0.3) is 0 Å². The van der Waals surface area contributed by atoms with E-state index in [9.17, 15) is 21.6 Å². The van der Waals surface area contributed by atoms with Crippen molar-refractivity contribution in [1.82, 2.24) is 14.1 Å². The standard InChI is InChI=1S/C10H13ClF3N3O3S/c1-6-8(9(11)16(2)15-6)21(18,19)17-3-4-20-7(5-17)10(12,13)14/h7H,3-5H2,1-2H3/t7-/m0/s1. The van der Waals surface area contributed by atoms with Crippen molar-refractivity contribution in [2.45, 2.75) is 24.1 Å². The van der Waals surface area contributed by atoms with Crippen molar-refractivity contribution in [3.05, 3.63) is 10.8 Å². The highest BCUT2D eigenvalue weighted by Gasteiger charge is 2.46. The Kier molecular flexibility index (Phi) is 4.26. The first-order valence-electron chi connectivity index (χ1n) is 5.92. The number of ether oxygens (including phenoxy) is 1. The summed E-state index contributed by atoms with van der Waals surface area (Å²) in [4.78, 5) is -0.269. The lowest BCUT2D eigenvalue weighted by Gasteiger charge is -2.32. The highest BCUT2D eigenvalue weighted by Crippen LogP contribution is 2.31.